The molecule has 2 aliphatic rings. The summed E-state index contributed by atoms with van der Waals surface area (Å²) in [6.45, 7) is 6.40. The fourth-order valence-electron chi connectivity index (χ4n) is 4.41. The lowest BCUT2D eigenvalue weighted by atomic mass is 9.84. The Morgan fingerprint density at radius 3 is 2.78 bits per heavy atom. The van der Waals surface area contributed by atoms with Crippen LogP contribution in [0.25, 0.3) is 0 Å². The summed E-state index contributed by atoms with van der Waals surface area (Å²) in [5.74, 6) is 3.20. The molecule has 23 heavy (non-hydrogen) atoms. The van der Waals surface area contributed by atoms with Gasteiger partial charge in [-0.2, -0.15) is 0 Å². The lowest BCUT2D eigenvalue weighted by Gasteiger charge is -2.28. The van der Waals surface area contributed by atoms with Crippen molar-refractivity contribution in [2.24, 2.45) is 17.8 Å². The number of nitrogens with one attached hydrogen (secondary N) is 2. The Morgan fingerprint density at radius 1 is 1.30 bits per heavy atom. The zero-order chi connectivity index (χ0) is 16.4. The average molecular weight is 316 g/mol. The monoisotopic (exact) mass is 316 g/mol. The Morgan fingerprint density at radius 2 is 2.13 bits per heavy atom. The summed E-state index contributed by atoms with van der Waals surface area (Å²) >= 11 is 0. The standard InChI is InChI=1S/C19H28N2O2/c1-12-4-7-18(13(2)8-12)23-11-20-19(22)21-14(3)17-10-15-5-6-16(17)9-15/h4,7-8,14-17H,5-6,9-11H2,1-3H3,(H2,20,21,22). The van der Waals surface area contributed by atoms with Gasteiger partial charge in [0.15, 0.2) is 6.73 Å². The number of hydrogen-bond donors (Lipinski definition) is 2. The van der Waals surface area contributed by atoms with Crippen molar-refractivity contribution in [3.63, 3.8) is 0 Å². The molecule has 3 rings (SSSR count). The van der Waals surface area contributed by atoms with Crippen molar-refractivity contribution in [1.82, 2.24) is 10.6 Å². The Hall–Kier alpha value is -1.71. The molecule has 4 nitrogen and oxygen atoms in total. The second kappa shape index (κ2) is 6.81. The van der Waals surface area contributed by atoms with Gasteiger partial charge in [0.05, 0.1) is 0 Å². The Labute approximate surface area is 139 Å². The van der Waals surface area contributed by atoms with Crippen LogP contribution in [0.1, 0.15) is 43.7 Å². The SMILES string of the molecule is Cc1ccc(OCNC(=O)NC(C)C2CC3CCC2C3)c(C)c1. The topological polar surface area (TPSA) is 50.4 Å². The summed E-state index contributed by atoms with van der Waals surface area (Å²) < 4.78 is 5.65. The van der Waals surface area contributed by atoms with E-state index in [0.717, 1.165) is 23.1 Å². The molecule has 0 radical (unpaired) electrons. The number of fused-ring (bicyclic) bond motifs is 2. The molecule has 0 aromatic heterocycles. The zero-order valence-corrected chi connectivity index (χ0v) is 14.4. The van der Waals surface area contributed by atoms with E-state index in [1.165, 1.54) is 31.2 Å². The summed E-state index contributed by atoms with van der Waals surface area (Å²) in [4.78, 5) is 12.0. The van der Waals surface area contributed by atoms with Crippen LogP contribution in [0.5, 0.6) is 5.75 Å². The molecule has 0 spiro atoms. The third-order valence-electron chi connectivity index (χ3n) is 5.58. The Bertz CT molecular complexity index is 572. The van der Waals surface area contributed by atoms with Crippen LogP contribution in [-0.2, 0) is 0 Å². The minimum Gasteiger partial charge on any atom is -0.473 e. The van der Waals surface area contributed by atoms with E-state index in [4.69, 9.17) is 4.74 Å². The van der Waals surface area contributed by atoms with Crippen molar-refractivity contribution in [3.05, 3.63) is 29.3 Å². The second-order valence-electron chi connectivity index (χ2n) is 7.34. The molecule has 4 atom stereocenters. The minimum atomic E-state index is -0.134. The van der Waals surface area contributed by atoms with Crippen LogP contribution < -0.4 is 15.4 Å². The average Bonchev–Trinajstić information content (AvgIpc) is 3.12. The van der Waals surface area contributed by atoms with Crippen LogP contribution in [0.4, 0.5) is 4.79 Å². The molecule has 1 aromatic rings. The van der Waals surface area contributed by atoms with E-state index >= 15 is 0 Å². The zero-order valence-electron chi connectivity index (χ0n) is 14.4. The molecule has 4 unspecified atom stereocenters. The molecule has 0 heterocycles. The molecule has 126 valence electrons. The van der Waals surface area contributed by atoms with E-state index < -0.39 is 0 Å². The molecule has 2 amide bonds. The van der Waals surface area contributed by atoms with E-state index in [9.17, 15) is 4.79 Å². The first-order valence-electron chi connectivity index (χ1n) is 8.77. The van der Waals surface area contributed by atoms with E-state index in [-0.39, 0.29) is 18.8 Å². The largest absolute Gasteiger partial charge is 0.473 e. The second-order valence-corrected chi connectivity index (χ2v) is 7.34. The normalized spacial score (nSPS) is 26.8. The number of rotatable bonds is 5. The third kappa shape index (κ3) is 3.80. The molecule has 2 aliphatic carbocycles. The van der Waals surface area contributed by atoms with Crippen molar-refractivity contribution in [1.29, 1.82) is 0 Å². The van der Waals surface area contributed by atoms with Crippen LogP contribution in [0.2, 0.25) is 0 Å². The van der Waals surface area contributed by atoms with Gasteiger partial charge in [0.1, 0.15) is 5.75 Å². The number of ether oxygens (including phenoxy) is 1. The van der Waals surface area contributed by atoms with Crippen molar-refractivity contribution in [2.75, 3.05) is 6.73 Å². The van der Waals surface area contributed by atoms with Crippen molar-refractivity contribution < 1.29 is 9.53 Å². The number of benzene rings is 1. The summed E-state index contributed by atoms with van der Waals surface area (Å²) in [6.07, 6.45) is 5.39. The van der Waals surface area contributed by atoms with E-state index in [0.29, 0.717) is 5.92 Å². The fraction of sp³-hybridized carbons (Fsp3) is 0.632. The maximum Gasteiger partial charge on any atom is 0.317 e. The Kier molecular flexibility index (Phi) is 4.79. The number of carbonyl (C=O) groups is 1. The van der Waals surface area contributed by atoms with Gasteiger partial charge in [-0.25, -0.2) is 4.79 Å². The van der Waals surface area contributed by atoms with Crippen molar-refractivity contribution in [2.45, 2.75) is 52.5 Å². The molecule has 2 saturated carbocycles. The summed E-state index contributed by atoms with van der Waals surface area (Å²) in [6, 6.07) is 6.14. The predicted octanol–water partition coefficient (Wildman–Crippen LogP) is 3.76. The minimum absolute atomic E-state index is 0.134. The predicted molar refractivity (Wildman–Crippen MR) is 91.5 cm³/mol. The molecular formula is C19H28N2O2. The first kappa shape index (κ1) is 16.2. The van der Waals surface area contributed by atoms with Gasteiger partial charge in [-0.15, -0.1) is 0 Å². The number of urea groups is 1. The first-order chi connectivity index (χ1) is 11.0. The summed E-state index contributed by atoms with van der Waals surface area (Å²) in [5, 5.41) is 5.89. The summed E-state index contributed by atoms with van der Waals surface area (Å²) in [7, 11) is 0. The van der Waals surface area contributed by atoms with Crippen molar-refractivity contribution >= 4 is 6.03 Å². The van der Waals surface area contributed by atoms with Crippen molar-refractivity contribution in [3.8, 4) is 5.75 Å². The number of carbonyl (C=O) groups excluding carboxylic acids is 1. The van der Waals surface area contributed by atoms with E-state index in [1.807, 2.05) is 19.1 Å². The highest BCUT2D eigenvalue weighted by Gasteiger charge is 2.42. The van der Waals surface area contributed by atoms with Gasteiger partial charge in [0.2, 0.25) is 0 Å². The quantitative estimate of drug-likeness (QED) is 0.813. The molecular weight excluding hydrogens is 288 g/mol. The highest BCUT2D eigenvalue weighted by atomic mass is 16.5. The number of amides is 2. The molecule has 0 aliphatic heterocycles. The maximum absolute atomic E-state index is 12.0. The first-order valence-corrected chi connectivity index (χ1v) is 8.77. The van der Waals surface area contributed by atoms with Gasteiger partial charge in [-0.05, 0) is 69.4 Å². The van der Waals surface area contributed by atoms with Crippen LogP contribution in [0.3, 0.4) is 0 Å². The van der Waals surface area contributed by atoms with Crippen LogP contribution >= 0.6 is 0 Å². The van der Waals surface area contributed by atoms with Gasteiger partial charge in [0.25, 0.3) is 0 Å². The van der Waals surface area contributed by atoms with E-state index in [1.54, 1.807) is 0 Å². The van der Waals surface area contributed by atoms with Gasteiger partial charge >= 0.3 is 6.03 Å². The number of aryl methyl sites for hydroxylation is 2. The fourth-order valence-corrected chi connectivity index (χ4v) is 4.41. The number of hydrogen-bond acceptors (Lipinski definition) is 2. The summed E-state index contributed by atoms with van der Waals surface area (Å²) in [5.41, 5.74) is 2.29. The highest BCUT2D eigenvalue weighted by molar-refractivity contribution is 5.74. The molecule has 1 aromatic carbocycles. The van der Waals surface area contributed by atoms with Gasteiger partial charge in [-0.3, -0.25) is 0 Å². The highest BCUT2D eigenvalue weighted by Crippen LogP contribution is 2.49. The molecule has 2 N–H and O–H groups in total. The van der Waals surface area contributed by atoms with Crippen LogP contribution in [-0.4, -0.2) is 18.8 Å². The van der Waals surface area contributed by atoms with Gasteiger partial charge in [0, 0.05) is 6.04 Å². The maximum atomic E-state index is 12.0. The van der Waals surface area contributed by atoms with Crippen LogP contribution in [0, 0.1) is 31.6 Å². The third-order valence-corrected chi connectivity index (χ3v) is 5.58. The Balaban J connectivity index is 1.41. The van der Waals surface area contributed by atoms with Gasteiger partial charge < -0.3 is 15.4 Å². The molecule has 0 saturated heterocycles. The lowest BCUT2D eigenvalue weighted by Crippen LogP contribution is -2.46. The smallest absolute Gasteiger partial charge is 0.317 e. The molecule has 2 fully saturated rings. The molecule has 2 bridgehead atoms. The molecule has 4 heteroatoms. The van der Waals surface area contributed by atoms with E-state index in [2.05, 4.69) is 30.5 Å². The van der Waals surface area contributed by atoms with Crippen LogP contribution in [0.15, 0.2) is 18.2 Å². The van der Waals surface area contributed by atoms with Gasteiger partial charge in [-0.1, -0.05) is 24.1 Å². The lowest BCUT2D eigenvalue weighted by molar-refractivity contribution is 0.207.